The number of rotatable bonds is 2. The van der Waals surface area contributed by atoms with Crippen LogP contribution in [0.3, 0.4) is 0 Å². The maximum atomic E-state index is 6.67. The molecule has 0 unspecified atom stereocenters. The van der Waals surface area contributed by atoms with Gasteiger partial charge in [0.25, 0.3) is 0 Å². The van der Waals surface area contributed by atoms with Gasteiger partial charge in [0.05, 0.1) is 11.6 Å². The van der Waals surface area contributed by atoms with Gasteiger partial charge in [-0.3, -0.25) is 0 Å². The fourth-order valence-electron chi connectivity index (χ4n) is 7.47. The molecule has 2 aromatic heterocycles. The zero-order chi connectivity index (χ0) is 28.8. The molecule has 0 N–H and O–H groups in total. The van der Waals surface area contributed by atoms with Gasteiger partial charge >= 0.3 is 0 Å². The molecular formula is C42H24O2. The normalized spacial score (nSPS) is 12.1. The first kappa shape index (κ1) is 23.7. The third-order valence-corrected chi connectivity index (χ3v) is 9.30. The summed E-state index contributed by atoms with van der Waals surface area (Å²) in [6.07, 6.45) is 1.78. The maximum Gasteiger partial charge on any atom is 0.147 e. The Balaban J connectivity index is 1.41. The topological polar surface area (TPSA) is 26.3 Å². The van der Waals surface area contributed by atoms with E-state index in [0.29, 0.717) is 0 Å². The Hall–Kier alpha value is -5.86. The quantitative estimate of drug-likeness (QED) is 0.155. The van der Waals surface area contributed by atoms with Gasteiger partial charge in [-0.2, -0.15) is 0 Å². The van der Waals surface area contributed by atoms with Crippen molar-refractivity contribution in [1.29, 1.82) is 0 Å². The molecule has 2 nitrogen and oxygen atoms in total. The summed E-state index contributed by atoms with van der Waals surface area (Å²) in [6, 6.07) is 50.1. The molecule has 0 fully saturated rings. The summed E-state index contributed by atoms with van der Waals surface area (Å²) in [5, 5.41) is 13.0. The fourth-order valence-corrected chi connectivity index (χ4v) is 7.47. The second kappa shape index (κ2) is 8.82. The first-order valence-electron chi connectivity index (χ1n) is 15.0. The minimum Gasteiger partial charge on any atom is -0.464 e. The summed E-state index contributed by atoms with van der Waals surface area (Å²) in [5.74, 6) is 0. The van der Waals surface area contributed by atoms with Crippen LogP contribution in [-0.2, 0) is 0 Å². The van der Waals surface area contributed by atoms with Gasteiger partial charge in [0, 0.05) is 21.9 Å². The first-order chi connectivity index (χ1) is 21.8. The molecule has 0 saturated carbocycles. The second-order valence-electron chi connectivity index (χ2n) is 11.6. The van der Waals surface area contributed by atoms with Crippen molar-refractivity contribution in [1.82, 2.24) is 0 Å². The number of para-hydroxylation sites is 1. The van der Waals surface area contributed by atoms with E-state index in [9.17, 15) is 0 Å². The molecule has 44 heavy (non-hydrogen) atoms. The molecule has 0 saturated heterocycles. The molecule has 204 valence electrons. The van der Waals surface area contributed by atoms with Gasteiger partial charge in [0.15, 0.2) is 0 Å². The Kier molecular flexibility index (Phi) is 4.75. The molecule has 10 rings (SSSR count). The maximum absolute atomic E-state index is 6.67. The van der Waals surface area contributed by atoms with E-state index in [2.05, 4.69) is 127 Å². The molecule has 0 atom stereocenters. The lowest BCUT2D eigenvalue weighted by Crippen LogP contribution is -1.92. The smallest absolute Gasteiger partial charge is 0.147 e. The predicted octanol–water partition coefficient (Wildman–Crippen LogP) is 12.3. The Labute approximate surface area is 252 Å². The van der Waals surface area contributed by atoms with Gasteiger partial charge in [-0.25, -0.2) is 0 Å². The molecule has 0 radical (unpaired) electrons. The van der Waals surface area contributed by atoms with E-state index in [4.69, 9.17) is 8.83 Å². The van der Waals surface area contributed by atoms with Crippen LogP contribution in [0.1, 0.15) is 0 Å². The lowest BCUT2D eigenvalue weighted by Gasteiger charge is -2.19. The molecule has 2 heteroatoms. The zero-order valence-corrected chi connectivity index (χ0v) is 23.7. The van der Waals surface area contributed by atoms with Crippen molar-refractivity contribution >= 4 is 76.0 Å². The lowest BCUT2D eigenvalue weighted by molar-refractivity contribution is 0.618. The summed E-state index contributed by atoms with van der Waals surface area (Å²) in [6.45, 7) is 0. The van der Waals surface area contributed by atoms with Gasteiger partial charge < -0.3 is 8.83 Å². The van der Waals surface area contributed by atoms with Crippen LogP contribution in [0, 0.1) is 0 Å². The van der Waals surface area contributed by atoms with Crippen LogP contribution >= 0.6 is 0 Å². The molecule has 0 bridgehead atoms. The monoisotopic (exact) mass is 560 g/mol. The van der Waals surface area contributed by atoms with Crippen molar-refractivity contribution < 1.29 is 8.83 Å². The summed E-state index contributed by atoms with van der Waals surface area (Å²) in [5.41, 5.74) is 7.34. The summed E-state index contributed by atoms with van der Waals surface area (Å²) in [4.78, 5) is 0. The highest BCUT2D eigenvalue weighted by molar-refractivity contribution is 6.29. The SMILES string of the molecule is c1ccc2c(c1)cc(-c1c3ccccc3c(-c3cc4ccoc4c4c3oc3ccccc34)c3ccccc13)c1ccccc12. The average molecular weight is 561 g/mol. The minimum absolute atomic E-state index is 0.855. The Morgan fingerprint density at radius 2 is 0.886 bits per heavy atom. The second-order valence-corrected chi connectivity index (χ2v) is 11.6. The third-order valence-electron chi connectivity index (χ3n) is 9.30. The van der Waals surface area contributed by atoms with Gasteiger partial charge in [-0.15, -0.1) is 0 Å². The molecule has 8 aromatic carbocycles. The van der Waals surface area contributed by atoms with Crippen molar-refractivity contribution in [3.05, 3.63) is 146 Å². The standard InChI is InChI=1S/C42H24O2/c1-2-12-27-25(11-1)23-35(29-14-4-3-13-28(27)29)38-30-15-5-7-17-32(30)39(33-18-8-6-16-31(33)38)36-24-26-21-22-43-41(26)40-34-19-9-10-20-37(34)44-42(36)40/h1-24H. The Morgan fingerprint density at radius 3 is 1.59 bits per heavy atom. The van der Waals surface area contributed by atoms with Gasteiger partial charge in [-0.05, 0) is 78.5 Å². The molecule has 0 amide bonds. The molecule has 2 heterocycles. The molecular weight excluding hydrogens is 536 g/mol. The Bertz CT molecular complexity index is 2720. The predicted molar refractivity (Wildman–Crippen MR) is 184 cm³/mol. The van der Waals surface area contributed by atoms with Crippen LogP contribution in [0.4, 0.5) is 0 Å². The lowest BCUT2D eigenvalue weighted by atomic mass is 9.83. The van der Waals surface area contributed by atoms with Gasteiger partial charge in [-0.1, -0.05) is 115 Å². The van der Waals surface area contributed by atoms with Crippen molar-refractivity contribution in [2.75, 3.05) is 0 Å². The highest BCUT2D eigenvalue weighted by Gasteiger charge is 2.23. The molecule has 0 aliphatic heterocycles. The molecule has 10 aromatic rings. The number of hydrogen-bond acceptors (Lipinski definition) is 2. The van der Waals surface area contributed by atoms with E-state index in [-0.39, 0.29) is 0 Å². The van der Waals surface area contributed by atoms with Crippen LogP contribution in [0.25, 0.3) is 98.3 Å². The van der Waals surface area contributed by atoms with Crippen LogP contribution in [-0.4, -0.2) is 0 Å². The number of fused-ring (bicyclic) bond motifs is 10. The van der Waals surface area contributed by atoms with E-state index in [1.54, 1.807) is 6.26 Å². The number of hydrogen-bond donors (Lipinski definition) is 0. The van der Waals surface area contributed by atoms with Crippen LogP contribution in [0.5, 0.6) is 0 Å². The van der Waals surface area contributed by atoms with Crippen LogP contribution in [0.15, 0.2) is 155 Å². The number of furan rings is 2. The van der Waals surface area contributed by atoms with E-state index in [1.165, 1.54) is 59.8 Å². The van der Waals surface area contributed by atoms with Crippen LogP contribution < -0.4 is 0 Å². The van der Waals surface area contributed by atoms with Gasteiger partial charge in [0.2, 0.25) is 0 Å². The number of benzene rings is 8. The van der Waals surface area contributed by atoms with Gasteiger partial charge in [0.1, 0.15) is 16.7 Å². The van der Waals surface area contributed by atoms with E-state index < -0.39 is 0 Å². The van der Waals surface area contributed by atoms with Crippen molar-refractivity contribution in [3.8, 4) is 22.3 Å². The van der Waals surface area contributed by atoms with Crippen molar-refractivity contribution in [2.24, 2.45) is 0 Å². The average Bonchev–Trinajstić information content (AvgIpc) is 3.71. The van der Waals surface area contributed by atoms with E-state index in [0.717, 1.165) is 38.5 Å². The highest BCUT2D eigenvalue weighted by Crippen LogP contribution is 2.49. The largest absolute Gasteiger partial charge is 0.464 e. The van der Waals surface area contributed by atoms with Crippen molar-refractivity contribution in [3.63, 3.8) is 0 Å². The fraction of sp³-hybridized carbons (Fsp3) is 0. The summed E-state index contributed by atoms with van der Waals surface area (Å²) >= 11 is 0. The third kappa shape index (κ3) is 3.14. The summed E-state index contributed by atoms with van der Waals surface area (Å²) in [7, 11) is 0. The zero-order valence-electron chi connectivity index (χ0n) is 23.7. The minimum atomic E-state index is 0.855. The summed E-state index contributed by atoms with van der Waals surface area (Å²) < 4.78 is 12.7. The first-order valence-corrected chi connectivity index (χ1v) is 15.0. The molecule has 0 aliphatic carbocycles. The van der Waals surface area contributed by atoms with Crippen LogP contribution in [0.2, 0.25) is 0 Å². The van der Waals surface area contributed by atoms with E-state index in [1.807, 2.05) is 12.1 Å². The van der Waals surface area contributed by atoms with Crippen molar-refractivity contribution in [2.45, 2.75) is 0 Å². The molecule has 0 spiro atoms. The highest BCUT2D eigenvalue weighted by atomic mass is 16.3. The van der Waals surface area contributed by atoms with E-state index >= 15 is 0 Å². The molecule has 0 aliphatic rings. The Morgan fingerprint density at radius 1 is 0.364 bits per heavy atom.